The molecule has 1 fully saturated rings. The molecule has 1 aliphatic carbocycles. The average molecular weight is 465 g/mol. The number of pyridine rings is 1. The predicted octanol–water partition coefficient (Wildman–Crippen LogP) is 3.36. The van der Waals surface area contributed by atoms with E-state index in [1.165, 1.54) is 28.9 Å². The molecule has 0 unspecified atom stereocenters. The third-order valence-electron chi connectivity index (χ3n) is 4.88. The molecule has 3 aromatic rings. The van der Waals surface area contributed by atoms with Gasteiger partial charge in [0.15, 0.2) is 5.82 Å². The van der Waals surface area contributed by atoms with E-state index in [2.05, 4.69) is 17.0 Å². The molecular formula is C20H18ClFN4O4S. The summed E-state index contributed by atoms with van der Waals surface area (Å²) in [5, 5.41) is 4.06. The lowest BCUT2D eigenvalue weighted by molar-refractivity contribution is 0.0981. The first-order valence-corrected chi connectivity index (χ1v) is 11.2. The van der Waals surface area contributed by atoms with Crippen molar-refractivity contribution in [2.24, 2.45) is 5.41 Å². The summed E-state index contributed by atoms with van der Waals surface area (Å²) in [6, 6.07) is 8.78. The number of halogens is 2. The lowest BCUT2D eigenvalue weighted by atomic mass is 10.2. The van der Waals surface area contributed by atoms with Crippen LogP contribution in [0.4, 0.5) is 4.39 Å². The van der Waals surface area contributed by atoms with Crippen LogP contribution in [0.1, 0.15) is 30.1 Å². The Morgan fingerprint density at radius 2 is 2.06 bits per heavy atom. The van der Waals surface area contributed by atoms with Gasteiger partial charge in [0.25, 0.3) is 15.9 Å². The number of nitrogens with one attached hydrogen (secondary N) is 1. The molecule has 1 amide bonds. The zero-order valence-electron chi connectivity index (χ0n) is 16.4. The van der Waals surface area contributed by atoms with Crippen molar-refractivity contribution in [1.29, 1.82) is 0 Å². The second-order valence-electron chi connectivity index (χ2n) is 7.60. The van der Waals surface area contributed by atoms with Gasteiger partial charge in [-0.05, 0) is 43.2 Å². The number of sulfonamides is 1. The van der Waals surface area contributed by atoms with E-state index in [0.717, 1.165) is 25.0 Å². The van der Waals surface area contributed by atoms with Gasteiger partial charge in [-0.3, -0.25) is 4.79 Å². The monoisotopic (exact) mass is 464 g/mol. The molecule has 1 N–H and O–H groups in total. The van der Waals surface area contributed by atoms with E-state index in [9.17, 15) is 17.6 Å². The van der Waals surface area contributed by atoms with Gasteiger partial charge in [-0.1, -0.05) is 24.6 Å². The normalized spacial score (nSPS) is 14.8. The van der Waals surface area contributed by atoms with Crippen molar-refractivity contribution in [2.75, 3.05) is 6.61 Å². The van der Waals surface area contributed by atoms with Crippen LogP contribution in [0.15, 0.2) is 53.6 Å². The number of rotatable bonds is 7. The summed E-state index contributed by atoms with van der Waals surface area (Å²) >= 11 is 6.11. The molecule has 0 radical (unpaired) electrons. The fraction of sp³-hybridized carbons (Fsp3) is 0.250. The fourth-order valence-electron chi connectivity index (χ4n) is 2.71. The Bertz CT molecular complexity index is 1260. The summed E-state index contributed by atoms with van der Waals surface area (Å²) in [5.74, 6) is -0.972. The van der Waals surface area contributed by atoms with Gasteiger partial charge in [0.1, 0.15) is 11.0 Å². The molecular weight excluding hydrogens is 447 g/mol. The maximum absolute atomic E-state index is 13.3. The third kappa shape index (κ3) is 4.86. The number of hydrogen-bond acceptors (Lipinski definition) is 6. The van der Waals surface area contributed by atoms with E-state index in [-0.39, 0.29) is 21.0 Å². The van der Waals surface area contributed by atoms with Crippen LogP contribution in [0.25, 0.3) is 5.82 Å². The number of aromatic nitrogens is 3. The Morgan fingerprint density at radius 1 is 1.29 bits per heavy atom. The summed E-state index contributed by atoms with van der Waals surface area (Å²) in [4.78, 5) is 16.2. The van der Waals surface area contributed by atoms with E-state index < -0.39 is 21.7 Å². The zero-order valence-corrected chi connectivity index (χ0v) is 18.0. The summed E-state index contributed by atoms with van der Waals surface area (Å²) in [5.41, 5.74) is 0.0577. The molecule has 11 heteroatoms. The molecule has 1 saturated carbocycles. The molecule has 4 rings (SSSR count). The predicted molar refractivity (Wildman–Crippen MR) is 110 cm³/mol. The maximum atomic E-state index is 13.3. The molecule has 31 heavy (non-hydrogen) atoms. The van der Waals surface area contributed by atoms with E-state index in [1.54, 1.807) is 12.3 Å². The number of nitrogens with zero attached hydrogens (tertiary/aromatic N) is 3. The quantitative estimate of drug-likeness (QED) is 0.538. The van der Waals surface area contributed by atoms with Gasteiger partial charge in [-0.25, -0.2) is 27.2 Å². The van der Waals surface area contributed by atoms with Crippen molar-refractivity contribution in [3.05, 3.63) is 65.2 Å². The minimum Gasteiger partial charge on any atom is -0.476 e. The molecule has 0 spiro atoms. The topological polar surface area (TPSA) is 103 Å². The van der Waals surface area contributed by atoms with Crippen LogP contribution in [0.3, 0.4) is 0 Å². The molecule has 1 aromatic carbocycles. The highest BCUT2D eigenvalue weighted by atomic mass is 35.5. The molecule has 0 aliphatic heterocycles. The van der Waals surface area contributed by atoms with Gasteiger partial charge in [-0.15, -0.1) is 5.10 Å². The van der Waals surface area contributed by atoms with Crippen LogP contribution in [0.2, 0.25) is 5.15 Å². The van der Waals surface area contributed by atoms with Gasteiger partial charge < -0.3 is 4.74 Å². The Balaban J connectivity index is 1.48. The van der Waals surface area contributed by atoms with E-state index in [1.807, 2.05) is 4.72 Å². The first-order chi connectivity index (χ1) is 14.7. The maximum Gasteiger partial charge on any atom is 0.268 e. The van der Waals surface area contributed by atoms with Gasteiger partial charge >= 0.3 is 0 Å². The first-order valence-electron chi connectivity index (χ1n) is 9.33. The van der Waals surface area contributed by atoms with E-state index >= 15 is 0 Å². The second kappa shape index (κ2) is 7.93. The van der Waals surface area contributed by atoms with Crippen LogP contribution in [0, 0.1) is 11.2 Å². The van der Waals surface area contributed by atoms with Crippen molar-refractivity contribution in [3.8, 4) is 11.7 Å². The molecule has 0 saturated heterocycles. The summed E-state index contributed by atoms with van der Waals surface area (Å²) < 4.78 is 46.9. The van der Waals surface area contributed by atoms with Crippen LogP contribution in [0.5, 0.6) is 5.88 Å². The lowest BCUT2D eigenvalue weighted by Gasteiger charge is -2.09. The molecule has 1 aliphatic rings. The van der Waals surface area contributed by atoms with Crippen LogP contribution in [-0.4, -0.2) is 35.7 Å². The van der Waals surface area contributed by atoms with Crippen molar-refractivity contribution >= 4 is 27.5 Å². The van der Waals surface area contributed by atoms with Gasteiger partial charge in [-0.2, -0.15) is 0 Å². The minimum atomic E-state index is -4.28. The van der Waals surface area contributed by atoms with E-state index in [0.29, 0.717) is 18.3 Å². The zero-order chi connectivity index (χ0) is 22.2. The number of carbonyl (C=O) groups is 1. The molecule has 2 heterocycles. The van der Waals surface area contributed by atoms with Crippen LogP contribution in [-0.2, 0) is 10.0 Å². The number of ether oxygens (including phenoxy) is 1. The fourth-order valence-corrected chi connectivity index (χ4v) is 3.94. The molecule has 0 bridgehead atoms. The Hall–Kier alpha value is -2.98. The number of benzene rings is 1. The highest BCUT2D eigenvalue weighted by Crippen LogP contribution is 2.44. The highest BCUT2D eigenvalue weighted by molar-refractivity contribution is 7.90. The smallest absolute Gasteiger partial charge is 0.268 e. The summed E-state index contributed by atoms with van der Waals surface area (Å²) in [6.07, 6.45) is 3.89. The van der Waals surface area contributed by atoms with Crippen LogP contribution >= 0.6 is 11.6 Å². The van der Waals surface area contributed by atoms with E-state index in [4.69, 9.17) is 16.3 Å². The SMILES string of the molecule is CC1(COc2ccn(-c3ccc(C(=O)NS(=O)(=O)c4cccc(F)c4)c(Cl)n3)n2)CC1. The second-order valence-corrected chi connectivity index (χ2v) is 9.64. The van der Waals surface area contributed by atoms with Gasteiger partial charge in [0.05, 0.1) is 17.1 Å². The molecule has 8 nitrogen and oxygen atoms in total. The van der Waals surface area contributed by atoms with Crippen LogP contribution < -0.4 is 9.46 Å². The van der Waals surface area contributed by atoms with Crippen molar-refractivity contribution in [2.45, 2.75) is 24.7 Å². The summed E-state index contributed by atoms with van der Waals surface area (Å²) in [7, 11) is -4.28. The Labute approximate surface area is 183 Å². The minimum absolute atomic E-state index is 0.157. The van der Waals surface area contributed by atoms with Gasteiger partial charge in [0, 0.05) is 17.7 Å². The molecule has 2 aromatic heterocycles. The Kier molecular flexibility index (Phi) is 5.44. The standard InChI is InChI=1S/C20H18ClFN4O4S/c1-20(8-9-20)12-30-17-7-10-26(24-17)16-6-5-15(18(21)23-16)19(27)25-31(28,29)14-4-2-3-13(22)11-14/h2-7,10-11H,8-9,12H2,1H3,(H,25,27). The molecule has 162 valence electrons. The molecule has 0 atom stereocenters. The average Bonchev–Trinajstić information content (AvgIpc) is 3.26. The highest BCUT2D eigenvalue weighted by Gasteiger charge is 2.38. The van der Waals surface area contributed by atoms with Crippen molar-refractivity contribution in [1.82, 2.24) is 19.5 Å². The third-order valence-corrected chi connectivity index (χ3v) is 6.50. The van der Waals surface area contributed by atoms with Crippen molar-refractivity contribution < 1.29 is 22.3 Å². The Morgan fingerprint density at radius 3 is 2.74 bits per heavy atom. The lowest BCUT2D eigenvalue weighted by Crippen LogP contribution is -2.31. The van der Waals surface area contributed by atoms with Gasteiger partial charge in [0.2, 0.25) is 5.88 Å². The summed E-state index contributed by atoms with van der Waals surface area (Å²) in [6.45, 7) is 2.72. The number of carbonyl (C=O) groups excluding carboxylic acids is 1. The van der Waals surface area contributed by atoms with Crippen molar-refractivity contribution in [3.63, 3.8) is 0 Å². The first kappa shape index (κ1) is 21.3. The number of hydrogen-bond donors (Lipinski definition) is 1. The number of amides is 1. The largest absolute Gasteiger partial charge is 0.476 e.